The summed E-state index contributed by atoms with van der Waals surface area (Å²) in [7, 11) is 0. The van der Waals surface area contributed by atoms with Crippen LogP contribution in [0.15, 0.2) is 41.4 Å². The van der Waals surface area contributed by atoms with Crippen molar-refractivity contribution in [2.75, 3.05) is 19.7 Å². The van der Waals surface area contributed by atoms with Crippen molar-refractivity contribution in [3.05, 3.63) is 58.1 Å². The molecule has 1 aliphatic heterocycles. The Morgan fingerprint density at radius 1 is 1.15 bits per heavy atom. The number of hydrogen-bond donors (Lipinski definition) is 0. The predicted molar refractivity (Wildman–Crippen MR) is 111 cm³/mol. The van der Waals surface area contributed by atoms with Crippen molar-refractivity contribution in [3.63, 3.8) is 0 Å². The van der Waals surface area contributed by atoms with Crippen LogP contribution in [-0.4, -0.2) is 36.7 Å². The topological polar surface area (TPSA) is 41.9 Å². The first-order valence-corrected chi connectivity index (χ1v) is 9.72. The maximum atomic E-state index is 12.6. The first-order valence-electron chi connectivity index (χ1n) is 9.34. The molecule has 0 spiro atoms. The number of benzene rings is 2. The lowest BCUT2D eigenvalue weighted by Crippen LogP contribution is -2.28. The smallest absolute Gasteiger partial charge is 0.200 e. The standard InChI is InChI=1S/C22H25ClN2O2/c1-16-12-21(24-15-25-9-4-3-5-10-25)17(2)11-20(16)22(26)14-27-19-8-6-7-18(23)13-19/h6-8,11-13,15H,3-5,9-10,14H2,1-2H3/b24-15+. The second-order valence-corrected chi connectivity index (χ2v) is 7.40. The average Bonchev–Trinajstić information content (AvgIpc) is 2.67. The minimum absolute atomic E-state index is 0.0169. The largest absolute Gasteiger partial charge is 0.485 e. The van der Waals surface area contributed by atoms with Gasteiger partial charge in [0.1, 0.15) is 5.75 Å². The number of aryl methyl sites for hydroxylation is 2. The number of rotatable bonds is 6. The Morgan fingerprint density at radius 3 is 2.67 bits per heavy atom. The molecule has 0 atom stereocenters. The highest BCUT2D eigenvalue weighted by molar-refractivity contribution is 6.30. The zero-order chi connectivity index (χ0) is 19.2. The fraction of sp³-hybridized carbons (Fsp3) is 0.364. The second kappa shape index (κ2) is 9.05. The van der Waals surface area contributed by atoms with E-state index in [1.807, 2.05) is 32.3 Å². The normalized spacial score (nSPS) is 14.6. The Balaban J connectivity index is 1.68. The molecular formula is C22H25ClN2O2. The molecule has 1 fully saturated rings. The van der Waals surface area contributed by atoms with Gasteiger partial charge in [-0.2, -0.15) is 0 Å². The van der Waals surface area contributed by atoms with Gasteiger partial charge in [-0.3, -0.25) is 4.79 Å². The van der Waals surface area contributed by atoms with E-state index >= 15 is 0 Å². The molecule has 0 unspecified atom stereocenters. The van der Waals surface area contributed by atoms with Crippen LogP contribution < -0.4 is 4.74 Å². The van der Waals surface area contributed by atoms with Crippen LogP contribution in [0.4, 0.5) is 5.69 Å². The van der Waals surface area contributed by atoms with Crippen LogP contribution in [0.1, 0.15) is 40.7 Å². The fourth-order valence-corrected chi connectivity index (χ4v) is 3.38. The Hall–Kier alpha value is -2.33. The SMILES string of the molecule is Cc1cc(C(=O)COc2cccc(Cl)c2)c(C)cc1/N=C/N1CCCCC1. The van der Waals surface area contributed by atoms with E-state index in [4.69, 9.17) is 16.3 Å². The molecule has 1 aliphatic rings. The molecule has 0 saturated carbocycles. The van der Waals surface area contributed by atoms with Crippen LogP contribution in [-0.2, 0) is 0 Å². The molecule has 0 aromatic heterocycles. The van der Waals surface area contributed by atoms with E-state index in [1.165, 1.54) is 19.3 Å². The molecule has 0 amide bonds. The highest BCUT2D eigenvalue weighted by atomic mass is 35.5. The van der Waals surface area contributed by atoms with Gasteiger partial charge >= 0.3 is 0 Å². The summed E-state index contributed by atoms with van der Waals surface area (Å²) in [4.78, 5) is 19.5. The summed E-state index contributed by atoms with van der Waals surface area (Å²) in [6.45, 7) is 6.04. The molecule has 0 N–H and O–H groups in total. The molecule has 0 bridgehead atoms. The molecule has 4 nitrogen and oxygen atoms in total. The van der Waals surface area contributed by atoms with Crippen LogP contribution in [0, 0.1) is 13.8 Å². The van der Waals surface area contributed by atoms with Crippen molar-refractivity contribution >= 4 is 29.4 Å². The third kappa shape index (κ3) is 5.33. The minimum Gasteiger partial charge on any atom is -0.485 e. The molecule has 142 valence electrons. The second-order valence-electron chi connectivity index (χ2n) is 6.96. The third-order valence-corrected chi connectivity index (χ3v) is 5.00. The lowest BCUT2D eigenvalue weighted by molar-refractivity contribution is 0.0921. The Bertz CT molecular complexity index is 842. The first-order chi connectivity index (χ1) is 13.0. The van der Waals surface area contributed by atoms with Crippen LogP contribution in [0.25, 0.3) is 0 Å². The van der Waals surface area contributed by atoms with Crippen molar-refractivity contribution in [3.8, 4) is 5.75 Å². The van der Waals surface area contributed by atoms with E-state index < -0.39 is 0 Å². The molecule has 2 aromatic rings. The summed E-state index contributed by atoms with van der Waals surface area (Å²) in [5, 5.41) is 0.586. The van der Waals surface area contributed by atoms with Gasteiger partial charge in [-0.05, 0) is 74.6 Å². The van der Waals surface area contributed by atoms with Crippen molar-refractivity contribution < 1.29 is 9.53 Å². The number of ether oxygens (including phenoxy) is 1. The van der Waals surface area contributed by atoms with Gasteiger partial charge in [-0.15, -0.1) is 0 Å². The number of aliphatic imine (C=N–C) groups is 1. The van der Waals surface area contributed by atoms with E-state index in [1.54, 1.807) is 24.3 Å². The molecule has 2 aromatic carbocycles. The van der Waals surface area contributed by atoms with Gasteiger partial charge in [-0.1, -0.05) is 17.7 Å². The Morgan fingerprint density at radius 2 is 1.93 bits per heavy atom. The summed E-state index contributed by atoms with van der Waals surface area (Å²) in [5.41, 5.74) is 3.47. The molecular weight excluding hydrogens is 360 g/mol. The van der Waals surface area contributed by atoms with Crippen LogP contribution in [0.5, 0.6) is 5.75 Å². The molecule has 5 heteroatoms. The third-order valence-electron chi connectivity index (χ3n) is 4.76. The van der Waals surface area contributed by atoms with E-state index in [2.05, 4.69) is 9.89 Å². The first kappa shape index (κ1) is 19.4. The summed E-state index contributed by atoms with van der Waals surface area (Å²) in [5.74, 6) is 0.537. The zero-order valence-electron chi connectivity index (χ0n) is 15.9. The molecule has 0 aliphatic carbocycles. The van der Waals surface area contributed by atoms with Crippen molar-refractivity contribution in [2.45, 2.75) is 33.1 Å². The van der Waals surface area contributed by atoms with Crippen molar-refractivity contribution in [1.29, 1.82) is 0 Å². The van der Waals surface area contributed by atoms with E-state index in [0.29, 0.717) is 16.3 Å². The van der Waals surface area contributed by atoms with E-state index in [9.17, 15) is 4.79 Å². The number of ketones is 1. The quantitative estimate of drug-likeness (QED) is 0.382. The van der Waals surface area contributed by atoms with Gasteiger partial charge in [0, 0.05) is 23.7 Å². The molecule has 3 rings (SSSR count). The predicted octanol–water partition coefficient (Wildman–Crippen LogP) is 5.36. The van der Waals surface area contributed by atoms with Gasteiger partial charge in [0.15, 0.2) is 12.4 Å². The van der Waals surface area contributed by atoms with Gasteiger partial charge in [-0.25, -0.2) is 4.99 Å². The van der Waals surface area contributed by atoms with Gasteiger partial charge < -0.3 is 9.64 Å². The van der Waals surface area contributed by atoms with Crippen LogP contribution in [0.2, 0.25) is 5.02 Å². The lowest BCUT2D eigenvalue weighted by Gasteiger charge is -2.23. The Labute approximate surface area is 165 Å². The minimum atomic E-state index is -0.0536. The summed E-state index contributed by atoms with van der Waals surface area (Å²) in [6.07, 6.45) is 5.69. The highest BCUT2D eigenvalue weighted by Crippen LogP contribution is 2.24. The zero-order valence-corrected chi connectivity index (χ0v) is 16.6. The fourth-order valence-electron chi connectivity index (χ4n) is 3.20. The molecule has 1 heterocycles. The molecule has 27 heavy (non-hydrogen) atoms. The van der Waals surface area contributed by atoms with Crippen LogP contribution >= 0.6 is 11.6 Å². The summed E-state index contributed by atoms with van der Waals surface area (Å²) in [6, 6.07) is 10.9. The number of hydrogen-bond acceptors (Lipinski definition) is 3. The monoisotopic (exact) mass is 384 g/mol. The van der Waals surface area contributed by atoms with Crippen molar-refractivity contribution in [2.24, 2.45) is 4.99 Å². The van der Waals surface area contributed by atoms with Crippen LogP contribution in [0.3, 0.4) is 0 Å². The number of halogens is 1. The lowest BCUT2D eigenvalue weighted by atomic mass is 10.0. The number of nitrogens with zero attached hydrogens (tertiary/aromatic N) is 2. The highest BCUT2D eigenvalue weighted by Gasteiger charge is 2.13. The number of carbonyl (C=O) groups is 1. The number of piperidine rings is 1. The Kier molecular flexibility index (Phi) is 6.51. The van der Waals surface area contributed by atoms with Gasteiger partial charge in [0.05, 0.1) is 12.0 Å². The van der Waals surface area contributed by atoms with Gasteiger partial charge in [0.2, 0.25) is 0 Å². The van der Waals surface area contributed by atoms with Gasteiger partial charge in [0.25, 0.3) is 0 Å². The summed E-state index contributed by atoms with van der Waals surface area (Å²) < 4.78 is 5.58. The number of Topliss-reactive ketones (excluding diaryl/α,β-unsaturated/α-hetero) is 1. The maximum Gasteiger partial charge on any atom is 0.200 e. The molecule has 0 radical (unpaired) electrons. The average molecular weight is 385 g/mol. The van der Waals surface area contributed by atoms with E-state index in [-0.39, 0.29) is 12.4 Å². The molecule has 1 saturated heterocycles. The number of likely N-dealkylation sites (tertiary alicyclic amines) is 1. The maximum absolute atomic E-state index is 12.6. The van der Waals surface area contributed by atoms with E-state index in [0.717, 1.165) is 29.9 Å². The number of carbonyl (C=O) groups excluding carboxylic acids is 1. The summed E-state index contributed by atoms with van der Waals surface area (Å²) >= 11 is 5.94. The van der Waals surface area contributed by atoms with Crippen molar-refractivity contribution in [1.82, 2.24) is 4.90 Å².